The third-order valence-electron chi connectivity index (χ3n) is 4.05. The summed E-state index contributed by atoms with van der Waals surface area (Å²) in [5.41, 5.74) is 5.24. The van der Waals surface area contributed by atoms with Crippen molar-refractivity contribution in [3.05, 3.63) is 102 Å². The van der Waals surface area contributed by atoms with E-state index in [2.05, 4.69) is 15.8 Å². The summed E-state index contributed by atoms with van der Waals surface area (Å²) in [7, 11) is 0. The zero-order valence-corrected chi connectivity index (χ0v) is 15.3. The minimum absolute atomic E-state index is 0.111. The van der Waals surface area contributed by atoms with Crippen molar-refractivity contribution in [3.63, 3.8) is 0 Å². The first-order valence-electron chi connectivity index (χ1n) is 9.00. The van der Waals surface area contributed by atoms with E-state index >= 15 is 0 Å². The van der Waals surface area contributed by atoms with Crippen LogP contribution in [0.4, 0.5) is 5.69 Å². The van der Waals surface area contributed by atoms with E-state index in [9.17, 15) is 9.59 Å². The Kier molecular flexibility index (Phi) is 6.68. The van der Waals surface area contributed by atoms with E-state index in [1.54, 1.807) is 24.3 Å². The minimum atomic E-state index is -0.279. The van der Waals surface area contributed by atoms with E-state index < -0.39 is 0 Å². The van der Waals surface area contributed by atoms with E-state index in [-0.39, 0.29) is 23.8 Å². The quantitative estimate of drug-likeness (QED) is 0.357. The first-order chi connectivity index (χ1) is 13.7. The summed E-state index contributed by atoms with van der Waals surface area (Å²) in [4.78, 5) is 25.2. The molecule has 28 heavy (non-hydrogen) atoms. The number of hydrogen-bond acceptors (Lipinski definition) is 4. The first kappa shape index (κ1) is 19.0. The highest BCUT2D eigenvalue weighted by atomic mass is 16.2. The average Bonchev–Trinajstić information content (AvgIpc) is 2.76. The molecule has 0 bridgehead atoms. The lowest BCUT2D eigenvalue weighted by molar-refractivity contribution is -0.120. The number of rotatable bonds is 8. The van der Waals surface area contributed by atoms with E-state index in [1.807, 2.05) is 66.7 Å². The number of hydrogen-bond donors (Lipinski definition) is 2. The lowest BCUT2D eigenvalue weighted by Crippen LogP contribution is -2.29. The Labute approximate surface area is 164 Å². The normalized spacial score (nSPS) is 10.9. The molecule has 5 nitrogen and oxygen atoms in total. The SMILES string of the molecule is O=C(C/C(=N\Nc1ccccc1)C(=O)c1ccccc1)NCc1ccccc1. The van der Waals surface area contributed by atoms with E-state index in [0.717, 1.165) is 11.3 Å². The van der Waals surface area contributed by atoms with Crippen molar-refractivity contribution < 1.29 is 9.59 Å². The number of nitrogens with one attached hydrogen (secondary N) is 2. The van der Waals surface area contributed by atoms with Crippen LogP contribution < -0.4 is 10.7 Å². The highest BCUT2D eigenvalue weighted by molar-refractivity contribution is 6.48. The molecule has 3 aromatic rings. The topological polar surface area (TPSA) is 70.6 Å². The number of ketones is 1. The molecular weight excluding hydrogens is 350 g/mol. The van der Waals surface area contributed by atoms with Crippen molar-refractivity contribution in [2.24, 2.45) is 5.10 Å². The van der Waals surface area contributed by atoms with Crippen LogP contribution in [0.15, 0.2) is 96.1 Å². The van der Waals surface area contributed by atoms with Gasteiger partial charge in [0.25, 0.3) is 0 Å². The summed E-state index contributed by atoms with van der Waals surface area (Å²) >= 11 is 0. The second-order valence-electron chi connectivity index (χ2n) is 6.17. The summed E-state index contributed by atoms with van der Waals surface area (Å²) in [5.74, 6) is -0.541. The lowest BCUT2D eigenvalue weighted by atomic mass is 10.0. The second-order valence-corrected chi connectivity index (χ2v) is 6.17. The van der Waals surface area contributed by atoms with Gasteiger partial charge in [-0.3, -0.25) is 15.0 Å². The molecule has 0 fully saturated rings. The molecule has 3 rings (SSSR count). The largest absolute Gasteiger partial charge is 0.352 e. The van der Waals surface area contributed by atoms with Gasteiger partial charge < -0.3 is 5.32 Å². The van der Waals surface area contributed by atoms with E-state index in [4.69, 9.17) is 0 Å². The molecule has 0 aliphatic rings. The van der Waals surface area contributed by atoms with Crippen molar-refractivity contribution in [2.45, 2.75) is 13.0 Å². The molecule has 0 radical (unpaired) electrons. The molecule has 0 aliphatic heterocycles. The van der Waals surface area contributed by atoms with Crippen molar-refractivity contribution in [2.75, 3.05) is 5.43 Å². The fourth-order valence-corrected chi connectivity index (χ4v) is 2.58. The third kappa shape index (κ3) is 5.64. The highest BCUT2D eigenvalue weighted by Crippen LogP contribution is 2.08. The molecule has 0 spiro atoms. The lowest BCUT2D eigenvalue weighted by Gasteiger charge is -2.09. The Morgan fingerprint density at radius 2 is 1.32 bits per heavy atom. The molecule has 2 N–H and O–H groups in total. The maximum atomic E-state index is 12.8. The van der Waals surface area contributed by atoms with Crippen LogP contribution in [0.2, 0.25) is 0 Å². The Morgan fingerprint density at radius 1 is 0.750 bits per heavy atom. The number of hydrazone groups is 1. The fraction of sp³-hybridized carbons (Fsp3) is 0.0870. The standard InChI is InChI=1S/C23H21N3O2/c27-22(24-17-18-10-4-1-5-11-18)16-21(23(28)19-12-6-2-7-13-19)26-25-20-14-8-3-9-15-20/h1-15,25H,16-17H2,(H,24,27)/b26-21+. The molecule has 0 saturated heterocycles. The van der Waals surface area contributed by atoms with Gasteiger partial charge in [0.15, 0.2) is 0 Å². The average molecular weight is 371 g/mol. The smallest absolute Gasteiger partial charge is 0.226 e. The van der Waals surface area contributed by atoms with Gasteiger partial charge in [-0.15, -0.1) is 0 Å². The first-order valence-corrected chi connectivity index (χ1v) is 9.00. The number of Topliss-reactive ketones (excluding diaryl/α,β-unsaturated/α-hetero) is 1. The molecule has 0 unspecified atom stereocenters. The molecule has 0 atom stereocenters. The summed E-state index contributed by atoms with van der Waals surface area (Å²) in [6, 6.07) is 27.7. The van der Waals surface area contributed by atoms with Crippen LogP contribution in [-0.4, -0.2) is 17.4 Å². The molecule has 5 heteroatoms. The van der Waals surface area contributed by atoms with Crippen molar-refractivity contribution in [3.8, 4) is 0 Å². The number of carbonyl (C=O) groups excluding carboxylic acids is 2. The van der Waals surface area contributed by atoms with Gasteiger partial charge >= 0.3 is 0 Å². The number of anilines is 1. The zero-order chi connectivity index (χ0) is 19.6. The van der Waals surface area contributed by atoms with Gasteiger partial charge in [-0.25, -0.2) is 0 Å². The molecule has 0 heterocycles. The van der Waals surface area contributed by atoms with Crippen molar-refractivity contribution in [1.82, 2.24) is 5.32 Å². The fourth-order valence-electron chi connectivity index (χ4n) is 2.58. The molecule has 1 amide bonds. The predicted molar refractivity (Wildman–Crippen MR) is 111 cm³/mol. The zero-order valence-electron chi connectivity index (χ0n) is 15.3. The number of benzene rings is 3. The molecule has 3 aromatic carbocycles. The Bertz CT molecular complexity index is 939. The van der Waals surface area contributed by atoms with Gasteiger partial charge in [0.2, 0.25) is 11.7 Å². The van der Waals surface area contributed by atoms with Gasteiger partial charge in [0.1, 0.15) is 5.71 Å². The van der Waals surface area contributed by atoms with Crippen molar-refractivity contribution >= 4 is 23.1 Å². The van der Waals surface area contributed by atoms with Crippen LogP contribution in [0.25, 0.3) is 0 Å². The van der Waals surface area contributed by atoms with Crippen LogP contribution in [0.1, 0.15) is 22.3 Å². The Hall–Kier alpha value is -3.73. The molecule has 0 aliphatic carbocycles. The maximum Gasteiger partial charge on any atom is 0.226 e. The third-order valence-corrected chi connectivity index (χ3v) is 4.05. The maximum absolute atomic E-state index is 12.8. The summed E-state index contributed by atoms with van der Waals surface area (Å²) < 4.78 is 0. The Morgan fingerprint density at radius 3 is 1.96 bits per heavy atom. The van der Waals surface area contributed by atoms with Gasteiger partial charge in [0.05, 0.1) is 12.1 Å². The molecule has 0 saturated carbocycles. The summed E-state index contributed by atoms with van der Waals surface area (Å²) in [5, 5.41) is 7.06. The van der Waals surface area contributed by atoms with E-state index in [1.165, 1.54) is 0 Å². The van der Waals surface area contributed by atoms with Crippen LogP contribution in [0, 0.1) is 0 Å². The molecular formula is C23H21N3O2. The van der Waals surface area contributed by atoms with Gasteiger partial charge in [0, 0.05) is 12.1 Å². The van der Waals surface area contributed by atoms with Crippen LogP contribution >= 0.6 is 0 Å². The number of nitrogens with zero attached hydrogens (tertiary/aromatic N) is 1. The predicted octanol–water partition coefficient (Wildman–Crippen LogP) is 4.04. The molecule has 140 valence electrons. The molecule has 0 aromatic heterocycles. The van der Waals surface area contributed by atoms with Crippen LogP contribution in [0.5, 0.6) is 0 Å². The Balaban J connectivity index is 1.71. The summed E-state index contributed by atoms with van der Waals surface area (Å²) in [6.07, 6.45) is -0.111. The monoisotopic (exact) mass is 371 g/mol. The van der Waals surface area contributed by atoms with E-state index in [0.29, 0.717) is 12.1 Å². The minimum Gasteiger partial charge on any atom is -0.352 e. The number of carbonyl (C=O) groups is 2. The van der Waals surface area contributed by atoms with Gasteiger partial charge in [-0.2, -0.15) is 5.10 Å². The second kappa shape index (κ2) is 9.83. The highest BCUT2D eigenvalue weighted by Gasteiger charge is 2.18. The number of amides is 1. The van der Waals surface area contributed by atoms with Crippen LogP contribution in [-0.2, 0) is 11.3 Å². The number of para-hydroxylation sites is 1. The van der Waals surface area contributed by atoms with Crippen molar-refractivity contribution in [1.29, 1.82) is 0 Å². The van der Waals surface area contributed by atoms with Crippen LogP contribution in [0.3, 0.4) is 0 Å². The summed E-state index contributed by atoms with van der Waals surface area (Å²) in [6.45, 7) is 0.401. The van der Waals surface area contributed by atoms with Gasteiger partial charge in [-0.1, -0.05) is 78.9 Å². The van der Waals surface area contributed by atoms with Gasteiger partial charge in [-0.05, 0) is 17.7 Å².